The first-order chi connectivity index (χ1) is 21.6. The Kier molecular flexibility index (Phi) is 11.9. The van der Waals surface area contributed by atoms with Crippen LogP contribution in [0.15, 0.2) is 66.7 Å². The molecular weight excluding hydrogens is 615 g/mol. The third-order valence-electron chi connectivity index (χ3n) is 6.34. The molecule has 0 aliphatic carbocycles. The van der Waals surface area contributed by atoms with Gasteiger partial charge in [-0.25, -0.2) is 14.3 Å². The summed E-state index contributed by atoms with van der Waals surface area (Å²) in [5.41, 5.74) is -0.562. The number of alkyl carbamates (subject to hydrolysis) is 1. The Labute approximate surface area is 261 Å². The summed E-state index contributed by atoms with van der Waals surface area (Å²) in [4.78, 5) is 62.7. The number of aromatic nitrogens is 2. The van der Waals surface area contributed by atoms with Crippen molar-refractivity contribution in [2.75, 3.05) is 0 Å². The van der Waals surface area contributed by atoms with E-state index in [1.165, 1.54) is 31.2 Å². The summed E-state index contributed by atoms with van der Waals surface area (Å²) in [7, 11) is 0. The average Bonchev–Trinajstić information content (AvgIpc) is 3.43. The number of amides is 3. The highest BCUT2D eigenvalue weighted by Crippen LogP contribution is 2.32. The summed E-state index contributed by atoms with van der Waals surface area (Å²) in [5.74, 6) is -5.87. The normalized spacial score (nSPS) is 13.2. The second-order valence-electron chi connectivity index (χ2n) is 10.4. The Morgan fingerprint density at radius 2 is 1.50 bits per heavy atom. The van der Waals surface area contributed by atoms with Crippen LogP contribution in [0.3, 0.4) is 0 Å². The van der Waals surface area contributed by atoms with Crippen molar-refractivity contribution in [2.45, 2.75) is 58.1 Å². The molecule has 0 bridgehead atoms. The number of nitrogens with one attached hydrogen (secondary N) is 3. The van der Waals surface area contributed by atoms with E-state index < -0.39 is 78.1 Å². The highest BCUT2D eigenvalue weighted by Gasteiger charge is 2.37. The molecule has 0 saturated carbocycles. The van der Waals surface area contributed by atoms with E-state index in [2.05, 4.69) is 21.0 Å². The monoisotopic (exact) mass is 647 g/mol. The largest absolute Gasteiger partial charge is 0.481 e. The molecule has 1 heterocycles. The molecule has 0 aliphatic rings. The summed E-state index contributed by atoms with van der Waals surface area (Å²) in [6, 6.07) is 12.3. The third-order valence-corrected chi connectivity index (χ3v) is 6.34. The van der Waals surface area contributed by atoms with Crippen LogP contribution >= 0.6 is 0 Å². The van der Waals surface area contributed by atoms with Crippen molar-refractivity contribution >= 4 is 29.8 Å². The molecule has 13 nitrogen and oxygen atoms in total. The Bertz CT molecular complexity index is 1530. The first kappa shape index (κ1) is 35.1. The van der Waals surface area contributed by atoms with Gasteiger partial charge in [0.1, 0.15) is 24.7 Å². The fourth-order valence-electron chi connectivity index (χ4n) is 3.96. The molecule has 246 valence electrons. The lowest BCUT2D eigenvalue weighted by atomic mass is 10.0. The van der Waals surface area contributed by atoms with Crippen LogP contribution in [0, 0.1) is 5.92 Å². The highest BCUT2D eigenvalue weighted by atomic mass is 19.4. The summed E-state index contributed by atoms with van der Waals surface area (Å²) < 4.78 is 51.2. The molecule has 1 aromatic heterocycles. The molecule has 0 radical (unpaired) electrons. The van der Waals surface area contributed by atoms with Crippen molar-refractivity contribution in [1.82, 2.24) is 25.7 Å². The maximum Gasteiger partial charge on any atom is 0.435 e. The van der Waals surface area contributed by atoms with Crippen LogP contribution in [0.2, 0.25) is 0 Å². The van der Waals surface area contributed by atoms with Gasteiger partial charge in [-0.3, -0.25) is 14.4 Å². The van der Waals surface area contributed by atoms with Crippen LogP contribution in [0.25, 0.3) is 5.69 Å². The van der Waals surface area contributed by atoms with E-state index in [-0.39, 0.29) is 12.3 Å². The van der Waals surface area contributed by atoms with Crippen LogP contribution in [0.4, 0.5) is 18.0 Å². The number of hydrogen-bond donors (Lipinski definition) is 4. The third kappa shape index (κ3) is 10.1. The van der Waals surface area contributed by atoms with E-state index in [9.17, 15) is 42.3 Å². The fraction of sp³-hybridized carbons (Fsp3) is 0.333. The standard InChI is InChI=1S/C30H32F3N5O8/c1-17(2)25(36-29(44)45-16-19-10-6-4-7-11-19)27(42)34-18(3)26(41)35-21(14-24(39)40)28(43)46-23-15-22(30(31,32)33)37-38(23)20-12-8-5-9-13-20/h4-13,15,17-18,21,25H,14,16H2,1-3H3,(H,34,42)(H,35,41)(H,36,44)(H,39,40)/t18-,21-,25-/m0/s1. The van der Waals surface area contributed by atoms with Crippen LogP contribution in [0.1, 0.15) is 38.4 Å². The number of carbonyl (C=O) groups is 5. The predicted octanol–water partition coefficient (Wildman–Crippen LogP) is 3.21. The molecule has 0 spiro atoms. The van der Waals surface area contributed by atoms with Gasteiger partial charge in [0.25, 0.3) is 0 Å². The van der Waals surface area contributed by atoms with Crippen molar-refractivity contribution in [1.29, 1.82) is 0 Å². The van der Waals surface area contributed by atoms with Gasteiger partial charge < -0.3 is 30.5 Å². The number of para-hydroxylation sites is 1. The molecule has 0 unspecified atom stereocenters. The van der Waals surface area contributed by atoms with Crippen LogP contribution < -0.4 is 20.7 Å². The number of rotatable bonds is 13. The minimum Gasteiger partial charge on any atom is -0.481 e. The van der Waals surface area contributed by atoms with Gasteiger partial charge >= 0.3 is 24.2 Å². The number of carboxylic acid groups (broad SMARTS) is 1. The zero-order chi connectivity index (χ0) is 34.0. The number of hydrogen-bond acceptors (Lipinski definition) is 8. The highest BCUT2D eigenvalue weighted by molar-refractivity contribution is 5.94. The van der Waals surface area contributed by atoms with Gasteiger partial charge in [0.15, 0.2) is 5.69 Å². The number of alkyl halides is 3. The Morgan fingerprint density at radius 1 is 0.891 bits per heavy atom. The van der Waals surface area contributed by atoms with E-state index in [1.807, 2.05) is 0 Å². The van der Waals surface area contributed by atoms with Gasteiger partial charge in [-0.2, -0.15) is 18.3 Å². The fourth-order valence-corrected chi connectivity index (χ4v) is 3.96. The molecule has 3 rings (SSSR count). The van der Waals surface area contributed by atoms with Gasteiger partial charge in [-0.15, -0.1) is 0 Å². The van der Waals surface area contributed by atoms with Crippen LogP contribution in [0.5, 0.6) is 5.88 Å². The lowest BCUT2D eigenvalue weighted by Crippen LogP contribution is -2.56. The number of halogens is 3. The summed E-state index contributed by atoms with van der Waals surface area (Å²) in [6.45, 7) is 4.45. The second-order valence-corrected chi connectivity index (χ2v) is 10.4. The number of benzene rings is 2. The number of carboxylic acids is 1. The van der Waals surface area contributed by atoms with E-state index in [0.717, 1.165) is 0 Å². The minimum absolute atomic E-state index is 0.0529. The predicted molar refractivity (Wildman–Crippen MR) is 154 cm³/mol. The molecule has 46 heavy (non-hydrogen) atoms. The lowest BCUT2D eigenvalue weighted by Gasteiger charge is -2.24. The van der Waals surface area contributed by atoms with E-state index in [1.54, 1.807) is 50.2 Å². The van der Waals surface area contributed by atoms with Gasteiger partial charge in [0.2, 0.25) is 17.7 Å². The Morgan fingerprint density at radius 3 is 2.07 bits per heavy atom. The topological polar surface area (TPSA) is 178 Å². The first-order valence-electron chi connectivity index (χ1n) is 13.9. The van der Waals surface area contributed by atoms with Gasteiger partial charge in [-0.05, 0) is 30.5 Å². The number of carbonyl (C=O) groups excluding carboxylic acids is 4. The maximum atomic E-state index is 13.4. The maximum absolute atomic E-state index is 13.4. The molecule has 3 aromatic rings. The van der Waals surface area contributed by atoms with E-state index in [4.69, 9.17) is 9.47 Å². The number of nitrogens with zero attached hydrogens (tertiary/aromatic N) is 2. The summed E-state index contributed by atoms with van der Waals surface area (Å²) >= 11 is 0. The van der Waals surface area contributed by atoms with Crippen LogP contribution in [-0.4, -0.2) is 62.9 Å². The van der Waals surface area contributed by atoms with Gasteiger partial charge in [0.05, 0.1) is 12.1 Å². The molecule has 16 heteroatoms. The smallest absolute Gasteiger partial charge is 0.435 e. The number of ether oxygens (including phenoxy) is 2. The minimum atomic E-state index is -4.90. The van der Waals surface area contributed by atoms with Crippen LogP contribution in [-0.2, 0) is 36.7 Å². The first-order valence-corrected chi connectivity index (χ1v) is 13.9. The summed E-state index contributed by atoms with van der Waals surface area (Å²) in [6.07, 6.45) is -6.78. The van der Waals surface area contributed by atoms with Crippen molar-refractivity contribution in [2.24, 2.45) is 5.92 Å². The molecule has 0 fully saturated rings. The van der Waals surface area contributed by atoms with Gasteiger partial charge in [-0.1, -0.05) is 62.4 Å². The SMILES string of the molecule is CC(C)[C@H](NC(=O)OCc1ccccc1)C(=O)N[C@@H](C)C(=O)N[C@@H](CC(=O)O)C(=O)Oc1cc(C(F)(F)F)nn1-c1ccccc1. The zero-order valence-electron chi connectivity index (χ0n) is 24.9. The molecule has 0 saturated heterocycles. The molecule has 4 N–H and O–H groups in total. The Balaban J connectivity index is 1.68. The lowest BCUT2D eigenvalue weighted by molar-refractivity contribution is -0.146. The number of aliphatic carboxylic acids is 1. The molecule has 3 atom stereocenters. The van der Waals surface area contributed by atoms with Crippen molar-refractivity contribution in [3.63, 3.8) is 0 Å². The van der Waals surface area contributed by atoms with E-state index in [0.29, 0.717) is 16.3 Å². The van der Waals surface area contributed by atoms with Crippen molar-refractivity contribution in [3.8, 4) is 11.6 Å². The quantitative estimate of drug-likeness (QED) is 0.203. The molecule has 0 aliphatic heterocycles. The van der Waals surface area contributed by atoms with Crippen molar-refractivity contribution in [3.05, 3.63) is 78.0 Å². The molecular formula is C30H32F3N5O8. The summed E-state index contributed by atoms with van der Waals surface area (Å²) in [5, 5.41) is 19.7. The van der Waals surface area contributed by atoms with E-state index >= 15 is 0 Å². The number of esters is 1. The molecule has 2 aromatic carbocycles. The Hall–Kier alpha value is -5.41. The molecule has 3 amide bonds. The zero-order valence-corrected chi connectivity index (χ0v) is 24.9. The van der Waals surface area contributed by atoms with Gasteiger partial charge in [0, 0.05) is 6.07 Å². The second kappa shape index (κ2) is 15.5. The van der Waals surface area contributed by atoms with Crippen molar-refractivity contribution < 1.29 is 51.7 Å². The average molecular weight is 648 g/mol.